The van der Waals surface area contributed by atoms with Crippen molar-refractivity contribution in [1.29, 1.82) is 5.26 Å². The average Bonchev–Trinajstić information content (AvgIpc) is 2.74. The number of ether oxygens (including phenoxy) is 1. The van der Waals surface area contributed by atoms with Crippen LogP contribution in [-0.2, 0) is 24.3 Å². The van der Waals surface area contributed by atoms with Gasteiger partial charge in [-0.3, -0.25) is 9.59 Å². The fourth-order valence-electron chi connectivity index (χ4n) is 2.65. The van der Waals surface area contributed by atoms with Crippen LogP contribution in [0.4, 0.5) is 5.69 Å². The molecule has 8 nitrogen and oxygen atoms in total. The summed E-state index contributed by atoms with van der Waals surface area (Å²) >= 11 is 11.8. The maximum atomic E-state index is 12.7. The highest BCUT2D eigenvalue weighted by atomic mass is 35.5. The van der Waals surface area contributed by atoms with Gasteiger partial charge in [-0.05, 0) is 61.9 Å². The van der Waals surface area contributed by atoms with Crippen LogP contribution in [0.2, 0.25) is 10.0 Å². The van der Waals surface area contributed by atoms with E-state index in [1.165, 1.54) is 36.1 Å². The molecule has 2 aromatic carbocycles. The van der Waals surface area contributed by atoms with Gasteiger partial charge in [0.15, 0.2) is 6.61 Å². The molecule has 1 atom stereocenters. The predicted octanol–water partition coefficient (Wildman–Crippen LogP) is 3.46. The van der Waals surface area contributed by atoms with Crippen LogP contribution in [0.25, 0.3) is 0 Å². The van der Waals surface area contributed by atoms with E-state index in [9.17, 15) is 18.0 Å². The average molecular weight is 498 g/mol. The summed E-state index contributed by atoms with van der Waals surface area (Å²) in [6, 6.07) is 11.1. The van der Waals surface area contributed by atoms with Crippen molar-refractivity contribution in [3.63, 3.8) is 0 Å². The maximum Gasteiger partial charge on any atom is 0.324 e. The molecule has 170 valence electrons. The first-order valence-electron chi connectivity index (χ1n) is 9.43. The van der Waals surface area contributed by atoms with Gasteiger partial charge in [0.2, 0.25) is 10.0 Å². The number of nitrogens with zero attached hydrogens (tertiary/aromatic N) is 2. The number of hydrogen-bond acceptors (Lipinski definition) is 6. The van der Waals surface area contributed by atoms with Crippen LogP contribution in [-0.4, -0.2) is 39.5 Å². The van der Waals surface area contributed by atoms with Crippen LogP contribution in [0, 0.1) is 18.3 Å². The Hall–Kier alpha value is -2.64. The number of carbonyl (C=O) groups is 2. The number of rotatable bonds is 9. The Morgan fingerprint density at radius 3 is 2.44 bits per heavy atom. The molecule has 0 radical (unpaired) electrons. The van der Waals surface area contributed by atoms with Gasteiger partial charge in [-0.1, -0.05) is 23.2 Å². The Kier molecular flexibility index (Phi) is 9.04. The number of amides is 1. The molecule has 0 aliphatic heterocycles. The molecule has 32 heavy (non-hydrogen) atoms. The van der Waals surface area contributed by atoms with Crippen molar-refractivity contribution in [3.05, 3.63) is 58.1 Å². The molecule has 0 aromatic heterocycles. The summed E-state index contributed by atoms with van der Waals surface area (Å²) in [6.07, 6.45) is 0.0681. The summed E-state index contributed by atoms with van der Waals surface area (Å²) in [6.45, 7) is 2.54. The third kappa shape index (κ3) is 6.93. The monoisotopic (exact) mass is 497 g/mol. The standard InChI is InChI=1S/C21H21Cl2N3O5S/c1-14-12-17(6-9-19(14)23)26(11-3-10-24)20(27)13-31-21(28)15(2)25-32(29,30)18-7-4-16(22)5-8-18/h4-9,12,15,25H,3,11,13H2,1-2H3/t15-/m0/s1. The van der Waals surface area contributed by atoms with Crippen LogP contribution >= 0.6 is 23.2 Å². The van der Waals surface area contributed by atoms with E-state index in [2.05, 4.69) is 4.72 Å². The molecule has 0 saturated carbocycles. The highest BCUT2D eigenvalue weighted by molar-refractivity contribution is 7.89. The summed E-state index contributed by atoms with van der Waals surface area (Å²) in [5.41, 5.74) is 1.24. The predicted molar refractivity (Wildman–Crippen MR) is 121 cm³/mol. The van der Waals surface area contributed by atoms with Crippen molar-refractivity contribution in [2.24, 2.45) is 0 Å². The van der Waals surface area contributed by atoms with Crippen LogP contribution in [0.1, 0.15) is 18.9 Å². The number of sulfonamides is 1. The van der Waals surface area contributed by atoms with E-state index in [0.717, 1.165) is 5.56 Å². The molecule has 0 heterocycles. The number of halogens is 2. The van der Waals surface area contributed by atoms with E-state index < -0.39 is 34.5 Å². The van der Waals surface area contributed by atoms with E-state index in [0.29, 0.717) is 15.7 Å². The molecule has 1 N–H and O–H groups in total. The van der Waals surface area contributed by atoms with E-state index >= 15 is 0 Å². The lowest BCUT2D eigenvalue weighted by atomic mass is 10.2. The molecule has 0 aliphatic carbocycles. The van der Waals surface area contributed by atoms with Gasteiger partial charge >= 0.3 is 5.97 Å². The van der Waals surface area contributed by atoms with E-state index in [-0.39, 0.29) is 17.9 Å². The maximum absolute atomic E-state index is 12.7. The largest absolute Gasteiger partial charge is 0.454 e. The van der Waals surface area contributed by atoms with Crippen LogP contribution < -0.4 is 9.62 Å². The second kappa shape index (κ2) is 11.3. The second-order valence-electron chi connectivity index (χ2n) is 6.79. The minimum absolute atomic E-state index is 0.0681. The Labute approximate surface area is 196 Å². The minimum atomic E-state index is -3.99. The number of nitriles is 1. The third-order valence-electron chi connectivity index (χ3n) is 4.35. The fraction of sp³-hybridized carbons (Fsp3) is 0.286. The van der Waals surface area contributed by atoms with Gasteiger partial charge in [-0.2, -0.15) is 9.98 Å². The molecule has 1 amide bonds. The van der Waals surface area contributed by atoms with E-state index in [1.807, 2.05) is 6.07 Å². The number of aryl methyl sites for hydroxylation is 1. The molecule has 0 unspecified atom stereocenters. The van der Waals surface area contributed by atoms with Gasteiger partial charge in [-0.25, -0.2) is 8.42 Å². The number of benzene rings is 2. The summed E-state index contributed by atoms with van der Waals surface area (Å²) in [5.74, 6) is -1.49. The fourth-order valence-corrected chi connectivity index (χ4v) is 4.09. The lowest BCUT2D eigenvalue weighted by molar-refractivity contribution is -0.149. The molecular formula is C21H21Cl2N3O5S. The highest BCUT2D eigenvalue weighted by Crippen LogP contribution is 2.23. The number of anilines is 1. The number of hydrogen-bond donors (Lipinski definition) is 1. The molecule has 0 fully saturated rings. The van der Waals surface area contributed by atoms with Crippen molar-refractivity contribution >= 4 is 50.8 Å². The molecule has 0 aliphatic rings. The van der Waals surface area contributed by atoms with Gasteiger partial charge in [0, 0.05) is 22.3 Å². The number of nitrogens with one attached hydrogen (secondary N) is 1. The quantitative estimate of drug-likeness (QED) is 0.530. The first kappa shape index (κ1) is 25.6. The Bertz CT molecular complexity index is 1130. The minimum Gasteiger partial charge on any atom is -0.454 e. The Morgan fingerprint density at radius 2 is 1.84 bits per heavy atom. The summed E-state index contributed by atoms with van der Waals surface area (Å²) < 4.78 is 32.0. The van der Waals surface area contributed by atoms with Crippen molar-refractivity contribution in [2.45, 2.75) is 31.2 Å². The first-order chi connectivity index (χ1) is 15.0. The van der Waals surface area contributed by atoms with Gasteiger partial charge in [0.25, 0.3) is 5.91 Å². The second-order valence-corrected chi connectivity index (χ2v) is 9.35. The Balaban J connectivity index is 2.03. The van der Waals surface area contributed by atoms with Gasteiger partial charge in [0.1, 0.15) is 6.04 Å². The summed E-state index contributed by atoms with van der Waals surface area (Å²) in [4.78, 5) is 26.2. The Morgan fingerprint density at radius 1 is 1.19 bits per heavy atom. The van der Waals surface area contributed by atoms with Crippen molar-refractivity contribution in [3.8, 4) is 6.07 Å². The zero-order valence-electron chi connectivity index (χ0n) is 17.3. The summed E-state index contributed by atoms with van der Waals surface area (Å²) in [5, 5.41) is 9.77. The van der Waals surface area contributed by atoms with Crippen LogP contribution in [0.5, 0.6) is 0 Å². The van der Waals surface area contributed by atoms with E-state index in [4.69, 9.17) is 33.2 Å². The van der Waals surface area contributed by atoms with Crippen molar-refractivity contribution in [2.75, 3.05) is 18.1 Å². The van der Waals surface area contributed by atoms with Gasteiger partial charge in [0.05, 0.1) is 17.4 Å². The smallest absolute Gasteiger partial charge is 0.324 e. The molecule has 11 heteroatoms. The number of esters is 1. The van der Waals surface area contributed by atoms with Crippen molar-refractivity contribution < 1.29 is 22.7 Å². The first-order valence-corrected chi connectivity index (χ1v) is 11.7. The molecule has 2 rings (SSSR count). The van der Waals surface area contributed by atoms with Crippen molar-refractivity contribution in [1.82, 2.24) is 4.72 Å². The molecular weight excluding hydrogens is 477 g/mol. The normalized spacial score (nSPS) is 12.0. The molecule has 2 aromatic rings. The third-order valence-corrected chi connectivity index (χ3v) is 6.58. The molecule has 0 spiro atoms. The van der Waals surface area contributed by atoms with Gasteiger partial charge in [-0.15, -0.1) is 0 Å². The zero-order chi connectivity index (χ0) is 23.9. The summed E-state index contributed by atoms with van der Waals surface area (Å²) in [7, 11) is -3.99. The topological polar surface area (TPSA) is 117 Å². The zero-order valence-corrected chi connectivity index (χ0v) is 19.7. The number of carbonyl (C=O) groups excluding carboxylic acids is 2. The lowest BCUT2D eigenvalue weighted by Crippen LogP contribution is -2.41. The lowest BCUT2D eigenvalue weighted by Gasteiger charge is -2.23. The highest BCUT2D eigenvalue weighted by Gasteiger charge is 2.25. The molecule has 0 bridgehead atoms. The molecule has 0 saturated heterocycles. The van der Waals surface area contributed by atoms with E-state index in [1.54, 1.807) is 25.1 Å². The van der Waals surface area contributed by atoms with Gasteiger partial charge < -0.3 is 9.64 Å². The van der Waals surface area contributed by atoms with Crippen LogP contribution in [0.15, 0.2) is 47.4 Å². The SMILES string of the molecule is Cc1cc(N(CCC#N)C(=O)COC(=O)[C@H](C)NS(=O)(=O)c2ccc(Cl)cc2)ccc1Cl. The van der Waals surface area contributed by atoms with Crippen LogP contribution in [0.3, 0.4) is 0 Å².